The number of carbonyl (C=O) groups excluding carboxylic acids is 1. The summed E-state index contributed by atoms with van der Waals surface area (Å²) in [4.78, 5) is 23.2. The smallest absolute Gasteiger partial charge is 0.323 e. The highest BCUT2D eigenvalue weighted by Gasteiger charge is 2.51. The number of carbonyl (C=O) groups is 2. The van der Waals surface area contributed by atoms with Gasteiger partial charge < -0.3 is 9.84 Å². The first-order valence-corrected chi connectivity index (χ1v) is 5.83. The molecule has 4 nitrogen and oxygen atoms in total. The molecule has 0 saturated heterocycles. The second-order valence-corrected chi connectivity index (χ2v) is 4.96. The molecule has 0 spiro atoms. The summed E-state index contributed by atoms with van der Waals surface area (Å²) in [6.45, 7) is 5.92. The van der Waals surface area contributed by atoms with Crippen LogP contribution in [0.5, 0.6) is 0 Å². The van der Waals surface area contributed by atoms with E-state index < -0.39 is 17.4 Å². The second-order valence-electron chi connectivity index (χ2n) is 4.96. The van der Waals surface area contributed by atoms with Gasteiger partial charge in [-0.15, -0.1) is 0 Å². The third kappa shape index (κ3) is 2.36. The van der Waals surface area contributed by atoms with Gasteiger partial charge in [0.1, 0.15) is 0 Å². The minimum absolute atomic E-state index is 0.233. The van der Waals surface area contributed by atoms with E-state index in [1.807, 2.05) is 13.8 Å². The Morgan fingerprint density at radius 3 is 2.19 bits per heavy atom. The molecule has 0 amide bonds. The summed E-state index contributed by atoms with van der Waals surface area (Å²) in [5.41, 5.74) is -1.31. The molecule has 2 unspecified atom stereocenters. The van der Waals surface area contributed by atoms with Crippen LogP contribution in [0.15, 0.2) is 0 Å². The van der Waals surface area contributed by atoms with Crippen molar-refractivity contribution in [2.24, 2.45) is 17.3 Å². The molecule has 1 saturated carbocycles. The van der Waals surface area contributed by atoms with E-state index in [1.54, 1.807) is 6.92 Å². The number of ether oxygens (including phenoxy) is 1. The fourth-order valence-corrected chi connectivity index (χ4v) is 2.82. The van der Waals surface area contributed by atoms with Gasteiger partial charge in [-0.25, -0.2) is 0 Å². The Labute approximate surface area is 96.0 Å². The van der Waals surface area contributed by atoms with Gasteiger partial charge in [0.2, 0.25) is 0 Å². The Hall–Kier alpha value is -1.06. The molecule has 1 N–H and O–H groups in total. The molecule has 1 rings (SSSR count). The van der Waals surface area contributed by atoms with E-state index in [2.05, 4.69) is 0 Å². The molecule has 2 atom stereocenters. The molecule has 0 bridgehead atoms. The predicted molar refractivity (Wildman–Crippen MR) is 58.9 cm³/mol. The average molecular weight is 228 g/mol. The zero-order chi connectivity index (χ0) is 12.3. The number of hydrogen-bond acceptors (Lipinski definition) is 3. The fraction of sp³-hybridized carbons (Fsp3) is 0.833. The van der Waals surface area contributed by atoms with Gasteiger partial charge in [0, 0.05) is 0 Å². The van der Waals surface area contributed by atoms with Crippen LogP contribution in [0.2, 0.25) is 0 Å². The molecule has 16 heavy (non-hydrogen) atoms. The normalized spacial score (nSPS) is 34.4. The van der Waals surface area contributed by atoms with Crippen LogP contribution in [0, 0.1) is 17.3 Å². The lowest BCUT2D eigenvalue weighted by Crippen LogP contribution is -2.46. The zero-order valence-electron chi connectivity index (χ0n) is 10.2. The first-order valence-electron chi connectivity index (χ1n) is 5.83. The van der Waals surface area contributed by atoms with Crippen molar-refractivity contribution in [3.8, 4) is 0 Å². The predicted octanol–water partition coefficient (Wildman–Crippen LogP) is 2.08. The molecule has 4 heteroatoms. The maximum atomic E-state index is 11.8. The molecule has 0 heterocycles. The highest BCUT2D eigenvalue weighted by atomic mass is 16.5. The molecular weight excluding hydrogens is 208 g/mol. The van der Waals surface area contributed by atoms with Gasteiger partial charge in [-0.3, -0.25) is 9.59 Å². The van der Waals surface area contributed by atoms with Crippen LogP contribution in [0.3, 0.4) is 0 Å². The summed E-state index contributed by atoms with van der Waals surface area (Å²) in [5.74, 6) is -1.10. The van der Waals surface area contributed by atoms with Gasteiger partial charge in [-0.05, 0) is 38.0 Å². The second kappa shape index (κ2) is 4.85. The van der Waals surface area contributed by atoms with Crippen molar-refractivity contribution < 1.29 is 19.4 Å². The van der Waals surface area contributed by atoms with E-state index in [0.29, 0.717) is 12.8 Å². The molecule has 0 radical (unpaired) electrons. The molecule has 1 aliphatic rings. The number of aliphatic carboxylic acids is 1. The van der Waals surface area contributed by atoms with Crippen molar-refractivity contribution in [3.05, 3.63) is 0 Å². The van der Waals surface area contributed by atoms with E-state index in [0.717, 1.165) is 6.42 Å². The topological polar surface area (TPSA) is 63.6 Å². The van der Waals surface area contributed by atoms with Crippen LogP contribution >= 0.6 is 0 Å². The minimum atomic E-state index is -1.31. The molecule has 0 aromatic heterocycles. The van der Waals surface area contributed by atoms with E-state index in [-0.39, 0.29) is 18.4 Å². The summed E-state index contributed by atoms with van der Waals surface area (Å²) in [5, 5.41) is 9.32. The van der Waals surface area contributed by atoms with Crippen molar-refractivity contribution >= 4 is 11.9 Å². The largest absolute Gasteiger partial charge is 0.480 e. The van der Waals surface area contributed by atoms with Crippen LogP contribution in [0.25, 0.3) is 0 Å². The Kier molecular flexibility index (Phi) is 3.94. The number of hydrogen-bond donors (Lipinski definition) is 1. The van der Waals surface area contributed by atoms with E-state index in [1.165, 1.54) is 0 Å². The number of carboxylic acid groups (broad SMARTS) is 1. The van der Waals surface area contributed by atoms with Gasteiger partial charge in [-0.1, -0.05) is 13.8 Å². The van der Waals surface area contributed by atoms with Crippen LogP contribution in [0.1, 0.15) is 40.0 Å². The summed E-state index contributed by atoms with van der Waals surface area (Å²) < 4.78 is 4.92. The summed E-state index contributed by atoms with van der Waals surface area (Å²) in [7, 11) is 0. The standard InChI is InChI=1S/C12H20O4/c1-4-16-11(15)12(10(13)14)6-8(2)5-9(3)7-12/h8-9H,4-7H2,1-3H3,(H,13,14). The molecule has 0 aromatic rings. The monoisotopic (exact) mass is 228 g/mol. The van der Waals surface area contributed by atoms with Gasteiger partial charge in [0.25, 0.3) is 0 Å². The van der Waals surface area contributed by atoms with Crippen molar-refractivity contribution in [1.82, 2.24) is 0 Å². The average Bonchev–Trinajstić information content (AvgIpc) is 2.15. The van der Waals surface area contributed by atoms with Crippen LogP contribution in [0.4, 0.5) is 0 Å². The van der Waals surface area contributed by atoms with E-state index in [9.17, 15) is 14.7 Å². The van der Waals surface area contributed by atoms with E-state index >= 15 is 0 Å². The quantitative estimate of drug-likeness (QED) is 0.593. The fourth-order valence-electron chi connectivity index (χ4n) is 2.82. The summed E-state index contributed by atoms with van der Waals surface area (Å²) in [6.07, 6.45) is 1.77. The maximum Gasteiger partial charge on any atom is 0.323 e. The van der Waals surface area contributed by atoms with Gasteiger partial charge in [0.05, 0.1) is 6.61 Å². The Morgan fingerprint density at radius 2 is 1.81 bits per heavy atom. The van der Waals surface area contributed by atoms with E-state index in [4.69, 9.17) is 4.74 Å². The summed E-state index contributed by atoms with van der Waals surface area (Å²) in [6, 6.07) is 0. The molecule has 1 fully saturated rings. The zero-order valence-corrected chi connectivity index (χ0v) is 10.2. The lowest BCUT2D eigenvalue weighted by molar-refractivity contribution is -0.173. The lowest BCUT2D eigenvalue weighted by atomic mass is 9.66. The van der Waals surface area contributed by atoms with Gasteiger partial charge in [-0.2, -0.15) is 0 Å². The van der Waals surface area contributed by atoms with Crippen molar-refractivity contribution in [3.63, 3.8) is 0 Å². The highest BCUT2D eigenvalue weighted by Crippen LogP contribution is 2.43. The van der Waals surface area contributed by atoms with Crippen LogP contribution < -0.4 is 0 Å². The van der Waals surface area contributed by atoms with Crippen LogP contribution in [-0.4, -0.2) is 23.7 Å². The number of esters is 1. The van der Waals surface area contributed by atoms with Crippen molar-refractivity contribution in [2.75, 3.05) is 6.61 Å². The molecule has 92 valence electrons. The minimum Gasteiger partial charge on any atom is -0.480 e. The third-order valence-electron chi connectivity index (χ3n) is 3.27. The Balaban J connectivity index is 2.95. The van der Waals surface area contributed by atoms with Crippen LogP contribution in [-0.2, 0) is 14.3 Å². The van der Waals surface area contributed by atoms with Crippen molar-refractivity contribution in [2.45, 2.75) is 40.0 Å². The van der Waals surface area contributed by atoms with Crippen molar-refractivity contribution in [1.29, 1.82) is 0 Å². The number of rotatable bonds is 3. The first kappa shape index (κ1) is 13.0. The highest BCUT2D eigenvalue weighted by molar-refractivity contribution is 5.99. The maximum absolute atomic E-state index is 11.8. The SMILES string of the molecule is CCOC(=O)C1(C(=O)O)CC(C)CC(C)C1. The molecule has 0 aliphatic heterocycles. The molecular formula is C12H20O4. The third-order valence-corrected chi connectivity index (χ3v) is 3.27. The van der Waals surface area contributed by atoms with Gasteiger partial charge >= 0.3 is 11.9 Å². The Morgan fingerprint density at radius 1 is 1.31 bits per heavy atom. The molecule has 0 aromatic carbocycles. The number of carboxylic acids is 1. The summed E-state index contributed by atoms with van der Waals surface area (Å²) >= 11 is 0. The Bertz CT molecular complexity index is 275. The van der Waals surface area contributed by atoms with Gasteiger partial charge in [0.15, 0.2) is 5.41 Å². The first-order chi connectivity index (χ1) is 7.42. The molecule has 1 aliphatic carbocycles. The lowest BCUT2D eigenvalue weighted by Gasteiger charge is -2.37.